The molecule has 0 heterocycles. The summed E-state index contributed by atoms with van der Waals surface area (Å²) in [6.45, 7) is 2.12. The van der Waals surface area contributed by atoms with Gasteiger partial charge >= 0.3 is 5.97 Å². The zero-order valence-electron chi connectivity index (χ0n) is 14.8. The number of unbranched alkanes of at least 4 members (excludes halogenated alkanes) is 4. The maximum Gasteiger partial charge on any atom is 0.303 e. The van der Waals surface area contributed by atoms with E-state index >= 15 is 0 Å². The lowest BCUT2D eigenvalue weighted by atomic mass is 9.88. The van der Waals surface area contributed by atoms with Gasteiger partial charge in [0.25, 0.3) is 0 Å². The van der Waals surface area contributed by atoms with Crippen LogP contribution in [-0.2, 0) is 4.79 Å². The van der Waals surface area contributed by atoms with Gasteiger partial charge in [0.2, 0.25) is 0 Å². The molecule has 0 aromatic heterocycles. The molecule has 0 aromatic rings. The highest BCUT2D eigenvalue weighted by Crippen LogP contribution is 2.37. The predicted octanol–water partition coefficient (Wildman–Crippen LogP) is 2.88. The molecule has 0 amide bonds. The lowest BCUT2D eigenvalue weighted by Gasteiger charge is -2.21. The second kappa shape index (κ2) is 11.6. The SMILES string of the molecule is CCCCCC(O)C=C[C@H]1[C@H](CCCCCC(=O)O)[C@H](O)C[C@@H]1O. The van der Waals surface area contributed by atoms with E-state index in [0.29, 0.717) is 12.8 Å². The van der Waals surface area contributed by atoms with Crippen molar-refractivity contribution in [2.24, 2.45) is 11.8 Å². The quantitative estimate of drug-likeness (QED) is 0.323. The molecular weight excluding hydrogens is 308 g/mol. The molecule has 0 bridgehead atoms. The molecule has 5 nitrogen and oxygen atoms in total. The first-order chi connectivity index (χ1) is 11.5. The molecule has 0 radical (unpaired) electrons. The molecule has 1 unspecified atom stereocenters. The molecule has 1 aliphatic carbocycles. The first-order valence-corrected chi connectivity index (χ1v) is 9.40. The summed E-state index contributed by atoms with van der Waals surface area (Å²) in [6.07, 6.45) is 9.67. The van der Waals surface area contributed by atoms with Crippen molar-refractivity contribution in [3.63, 3.8) is 0 Å². The molecule has 5 atom stereocenters. The average Bonchev–Trinajstić information content (AvgIpc) is 2.78. The Kier molecular flexibility index (Phi) is 10.2. The Morgan fingerprint density at radius 3 is 2.54 bits per heavy atom. The van der Waals surface area contributed by atoms with Gasteiger partial charge in [-0.2, -0.15) is 0 Å². The number of rotatable bonds is 12. The van der Waals surface area contributed by atoms with E-state index in [9.17, 15) is 20.1 Å². The fourth-order valence-electron chi connectivity index (χ4n) is 3.57. The van der Waals surface area contributed by atoms with Gasteiger partial charge in [-0.05, 0) is 25.2 Å². The zero-order chi connectivity index (χ0) is 17.9. The highest BCUT2D eigenvalue weighted by molar-refractivity contribution is 5.66. The first kappa shape index (κ1) is 21.1. The number of aliphatic carboxylic acids is 1. The van der Waals surface area contributed by atoms with Crippen LogP contribution in [0.25, 0.3) is 0 Å². The van der Waals surface area contributed by atoms with E-state index in [1.54, 1.807) is 6.08 Å². The normalized spacial score (nSPS) is 28.5. The van der Waals surface area contributed by atoms with Crippen LogP contribution in [0.4, 0.5) is 0 Å². The predicted molar refractivity (Wildman–Crippen MR) is 93.6 cm³/mol. The zero-order valence-corrected chi connectivity index (χ0v) is 14.8. The third kappa shape index (κ3) is 7.77. The molecule has 140 valence electrons. The number of aliphatic hydroxyl groups is 3. The molecule has 5 heteroatoms. The number of hydrogen-bond donors (Lipinski definition) is 4. The van der Waals surface area contributed by atoms with Gasteiger partial charge in [0.1, 0.15) is 0 Å². The van der Waals surface area contributed by atoms with Gasteiger partial charge in [-0.15, -0.1) is 0 Å². The van der Waals surface area contributed by atoms with Crippen molar-refractivity contribution in [3.05, 3.63) is 12.2 Å². The van der Waals surface area contributed by atoms with E-state index in [1.165, 1.54) is 0 Å². The standard InChI is InChI=1S/C19H34O5/c1-2-3-5-8-14(20)11-12-16-15(17(21)13-18(16)22)9-6-4-7-10-19(23)24/h11-12,14-18,20-22H,2-10,13H2,1H3,(H,23,24)/t14?,15-,16-,17+,18-/m0/s1. The van der Waals surface area contributed by atoms with E-state index < -0.39 is 24.3 Å². The summed E-state index contributed by atoms with van der Waals surface area (Å²) in [4.78, 5) is 10.5. The van der Waals surface area contributed by atoms with Gasteiger partial charge in [0.15, 0.2) is 0 Å². The third-order valence-corrected chi connectivity index (χ3v) is 5.00. The highest BCUT2D eigenvalue weighted by Gasteiger charge is 2.39. The number of hydrogen-bond acceptors (Lipinski definition) is 4. The van der Waals surface area contributed by atoms with Gasteiger partial charge in [0, 0.05) is 18.8 Å². The lowest BCUT2D eigenvalue weighted by Crippen LogP contribution is -2.21. The summed E-state index contributed by atoms with van der Waals surface area (Å²) in [5, 5.41) is 38.9. The summed E-state index contributed by atoms with van der Waals surface area (Å²) in [5.74, 6) is -0.909. The Balaban J connectivity index is 2.42. The maximum atomic E-state index is 10.5. The van der Waals surface area contributed by atoms with Crippen LogP contribution in [0.5, 0.6) is 0 Å². The summed E-state index contributed by atoms with van der Waals surface area (Å²) in [6, 6.07) is 0. The van der Waals surface area contributed by atoms with Crippen LogP contribution < -0.4 is 0 Å². The van der Waals surface area contributed by atoms with Gasteiger partial charge in [0.05, 0.1) is 18.3 Å². The second-order valence-corrected chi connectivity index (χ2v) is 7.05. The maximum absolute atomic E-state index is 10.5. The van der Waals surface area contributed by atoms with Crippen LogP contribution in [0, 0.1) is 11.8 Å². The fourth-order valence-corrected chi connectivity index (χ4v) is 3.57. The minimum Gasteiger partial charge on any atom is -0.481 e. The summed E-state index contributed by atoms with van der Waals surface area (Å²) in [7, 11) is 0. The Labute approximate surface area is 145 Å². The van der Waals surface area contributed by atoms with Crippen molar-refractivity contribution in [1.29, 1.82) is 0 Å². The van der Waals surface area contributed by atoms with Crippen molar-refractivity contribution in [2.45, 2.75) is 89.4 Å². The Hall–Kier alpha value is -0.910. The van der Waals surface area contributed by atoms with Gasteiger partial charge in [-0.1, -0.05) is 51.2 Å². The molecule has 1 fully saturated rings. The lowest BCUT2D eigenvalue weighted by molar-refractivity contribution is -0.137. The number of carbonyl (C=O) groups is 1. The van der Waals surface area contributed by atoms with Crippen LogP contribution in [0.15, 0.2) is 12.2 Å². The summed E-state index contributed by atoms with van der Waals surface area (Å²) >= 11 is 0. The van der Waals surface area contributed by atoms with Gasteiger partial charge in [-0.3, -0.25) is 4.79 Å². The molecule has 0 saturated heterocycles. The van der Waals surface area contributed by atoms with Crippen molar-refractivity contribution >= 4 is 5.97 Å². The molecule has 1 saturated carbocycles. The van der Waals surface area contributed by atoms with Crippen LogP contribution in [0.1, 0.15) is 71.1 Å². The van der Waals surface area contributed by atoms with E-state index in [-0.39, 0.29) is 18.3 Å². The van der Waals surface area contributed by atoms with Crippen molar-refractivity contribution in [2.75, 3.05) is 0 Å². The largest absolute Gasteiger partial charge is 0.481 e. The van der Waals surface area contributed by atoms with Crippen molar-refractivity contribution in [1.82, 2.24) is 0 Å². The van der Waals surface area contributed by atoms with E-state index in [4.69, 9.17) is 5.11 Å². The number of carboxylic acid groups (broad SMARTS) is 1. The Bertz CT molecular complexity index is 382. The Morgan fingerprint density at radius 1 is 1.12 bits per heavy atom. The second-order valence-electron chi connectivity index (χ2n) is 7.05. The minimum atomic E-state index is -0.774. The molecule has 24 heavy (non-hydrogen) atoms. The molecule has 0 aliphatic heterocycles. The van der Waals surface area contributed by atoms with Crippen LogP contribution >= 0.6 is 0 Å². The van der Waals surface area contributed by atoms with Crippen molar-refractivity contribution < 1.29 is 25.2 Å². The van der Waals surface area contributed by atoms with Gasteiger partial charge < -0.3 is 20.4 Å². The highest BCUT2D eigenvalue weighted by atomic mass is 16.4. The number of aliphatic hydroxyl groups excluding tert-OH is 3. The first-order valence-electron chi connectivity index (χ1n) is 9.40. The van der Waals surface area contributed by atoms with E-state index in [2.05, 4.69) is 6.92 Å². The molecule has 1 rings (SSSR count). The van der Waals surface area contributed by atoms with Crippen LogP contribution in [0.2, 0.25) is 0 Å². The minimum absolute atomic E-state index is 0.0103. The van der Waals surface area contributed by atoms with E-state index in [1.807, 2.05) is 6.08 Å². The molecular formula is C19H34O5. The van der Waals surface area contributed by atoms with Crippen LogP contribution in [0.3, 0.4) is 0 Å². The van der Waals surface area contributed by atoms with Gasteiger partial charge in [-0.25, -0.2) is 0 Å². The van der Waals surface area contributed by atoms with Crippen molar-refractivity contribution in [3.8, 4) is 0 Å². The Morgan fingerprint density at radius 2 is 1.88 bits per heavy atom. The smallest absolute Gasteiger partial charge is 0.303 e. The monoisotopic (exact) mass is 342 g/mol. The topological polar surface area (TPSA) is 98.0 Å². The van der Waals surface area contributed by atoms with Crippen LogP contribution in [-0.4, -0.2) is 44.7 Å². The average molecular weight is 342 g/mol. The summed E-state index contributed by atoms with van der Waals surface area (Å²) < 4.78 is 0. The number of carboxylic acids is 1. The molecule has 0 aromatic carbocycles. The van der Waals surface area contributed by atoms with E-state index in [0.717, 1.165) is 44.9 Å². The molecule has 4 N–H and O–H groups in total. The third-order valence-electron chi connectivity index (χ3n) is 5.00. The molecule has 0 spiro atoms. The molecule has 1 aliphatic rings. The summed E-state index contributed by atoms with van der Waals surface area (Å²) in [5.41, 5.74) is 0. The fraction of sp³-hybridized carbons (Fsp3) is 0.842.